The molecule has 2 heterocycles. The molecule has 1 aliphatic rings. The number of para-hydroxylation sites is 1. The molecule has 26 heavy (non-hydrogen) atoms. The van der Waals surface area contributed by atoms with Crippen molar-refractivity contribution in [2.75, 3.05) is 0 Å². The van der Waals surface area contributed by atoms with Crippen LogP contribution in [0, 0.1) is 5.92 Å². The summed E-state index contributed by atoms with van der Waals surface area (Å²) in [4.78, 5) is 6.97. The van der Waals surface area contributed by atoms with Crippen molar-refractivity contribution in [3.8, 4) is 11.3 Å². The number of benzene rings is 2. The van der Waals surface area contributed by atoms with Gasteiger partial charge in [-0.2, -0.15) is 0 Å². The molecule has 130 valence electrons. The van der Waals surface area contributed by atoms with Crippen molar-refractivity contribution in [1.82, 2.24) is 15.3 Å². The van der Waals surface area contributed by atoms with E-state index in [0.29, 0.717) is 5.92 Å². The molecule has 0 aliphatic heterocycles. The van der Waals surface area contributed by atoms with E-state index in [1.807, 2.05) is 18.2 Å². The highest BCUT2D eigenvalue weighted by atomic mass is 35.5. The van der Waals surface area contributed by atoms with Crippen LogP contribution in [0.2, 0.25) is 5.02 Å². The Balaban J connectivity index is 1.48. The number of H-pyrrole nitrogens is 2. The second kappa shape index (κ2) is 5.96. The summed E-state index contributed by atoms with van der Waals surface area (Å²) < 4.78 is 0. The molecule has 0 atom stereocenters. The first-order valence-corrected chi connectivity index (χ1v) is 9.37. The molecule has 5 rings (SSSR count). The van der Waals surface area contributed by atoms with Crippen LogP contribution < -0.4 is 5.32 Å². The van der Waals surface area contributed by atoms with E-state index in [0.717, 1.165) is 50.6 Å². The fourth-order valence-corrected chi connectivity index (χ4v) is 3.79. The molecular formula is C22H20ClN3. The molecule has 0 radical (unpaired) electrons. The fourth-order valence-electron chi connectivity index (χ4n) is 3.52. The lowest BCUT2D eigenvalue weighted by Gasteiger charge is -2.06. The first-order chi connectivity index (χ1) is 12.7. The van der Waals surface area contributed by atoms with Crippen molar-refractivity contribution in [3.63, 3.8) is 0 Å². The van der Waals surface area contributed by atoms with Gasteiger partial charge in [0.15, 0.2) is 0 Å². The van der Waals surface area contributed by atoms with Crippen LogP contribution in [0.15, 0.2) is 60.8 Å². The zero-order valence-corrected chi connectivity index (χ0v) is 15.2. The van der Waals surface area contributed by atoms with Gasteiger partial charge in [-0.05, 0) is 49.1 Å². The van der Waals surface area contributed by atoms with Crippen LogP contribution in [0.3, 0.4) is 0 Å². The molecule has 3 nitrogen and oxygen atoms in total. The quantitative estimate of drug-likeness (QED) is 0.402. The van der Waals surface area contributed by atoms with E-state index >= 15 is 0 Å². The van der Waals surface area contributed by atoms with Gasteiger partial charge in [0, 0.05) is 44.5 Å². The van der Waals surface area contributed by atoms with Gasteiger partial charge in [0.05, 0.1) is 11.6 Å². The Hall–Kier alpha value is -2.65. The Morgan fingerprint density at radius 3 is 2.69 bits per heavy atom. The van der Waals surface area contributed by atoms with E-state index < -0.39 is 0 Å². The van der Waals surface area contributed by atoms with Gasteiger partial charge in [-0.1, -0.05) is 36.4 Å². The van der Waals surface area contributed by atoms with Crippen LogP contribution in [-0.2, 0) is 6.54 Å². The molecule has 1 fully saturated rings. The maximum atomic E-state index is 6.59. The third-order valence-corrected chi connectivity index (χ3v) is 5.47. The lowest BCUT2D eigenvalue weighted by molar-refractivity contribution is 0.737. The maximum absolute atomic E-state index is 6.59. The van der Waals surface area contributed by atoms with Crippen molar-refractivity contribution < 1.29 is 0 Å². The third kappa shape index (κ3) is 2.78. The maximum Gasteiger partial charge on any atom is 0.0548 e. The number of hydrogen-bond acceptors (Lipinski definition) is 1. The van der Waals surface area contributed by atoms with E-state index in [-0.39, 0.29) is 0 Å². The van der Waals surface area contributed by atoms with Crippen molar-refractivity contribution in [3.05, 3.63) is 71.5 Å². The number of nitrogens with one attached hydrogen (secondary N) is 3. The summed E-state index contributed by atoms with van der Waals surface area (Å²) in [5.74, 6) is 0.669. The molecular weight excluding hydrogens is 342 g/mol. The molecule has 2 aromatic heterocycles. The van der Waals surface area contributed by atoms with E-state index in [1.54, 1.807) is 0 Å². The highest BCUT2D eigenvalue weighted by molar-refractivity contribution is 6.34. The van der Waals surface area contributed by atoms with Crippen molar-refractivity contribution in [2.45, 2.75) is 19.4 Å². The van der Waals surface area contributed by atoms with Crippen molar-refractivity contribution >= 4 is 33.4 Å². The number of rotatable bonds is 5. The highest BCUT2D eigenvalue weighted by Crippen LogP contribution is 2.35. The Morgan fingerprint density at radius 2 is 1.88 bits per heavy atom. The van der Waals surface area contributed by atoms with E-state index in [1.165, 1.54) is 18.2 Å². The van der Waals surface area contributed by atoms with Gasteiger partial charge >= 0.3 is 0 Å². The SMILES string of the molecule is C=C(NCc1cc2cc(Cl)c(-c3cc4ccccc4[nH]3)cc2[nH]1)C1CC1. The average Bonchev–Trinajstić information content (AvgIpc) is 3.28. The van der Waals surface area contributed by atoms with Gasteiger partial charge in [-0.15, -0.1) is 0 Å². The molecule has 4 aromatic rings. The lowest BCUT2D eigenvalue weighted by atomic mass is 10.1. The molecule has 1 aliphatic carbocycles. The number of aromatic nitrogens is 2. The molecule has 0 saturated heterocycles. The predicted molar refractivity (Wildman–Crippen MR) is 109 cm³/mol. The molecule has 4 heteroatoms. The smallest absolute Gasteiger partial charge is 0.0548 e. The second-order valence-corrected chi connectivity index (χ2v) is 7.54. The molecule has 0 unspecified atom stereocenters. The number of allylic oxidation sites excluding steroid dienone is 1. The molecule has 3 N–H and O–H groups in total. The van der Waals surface area contributed by atoms with Gasteiger partial charge in [-0.3, -0.25) is 0 Å². The number of fused-ring (bicyclic) bond motifs is 2. The molecule has 2 aromatic carbocycles. The summed E-state index contributed by atoms with van der Waals surface area (Å²) in [5, 5.41) is 6.51. The summed E-state index contributed by atoms with van der Waals surface area (Å²) in [6.45, 7) is 4.89. The highest BCUT2D eigenvalue weighted by Gasteiger charge is 2.24. The van der Waals surface area contributed by atoms with Crippen molar-refractivity contribution in [1.29, 1.82) is 0 Å². The van der Waals surface area contributed by atoms with Crippen LogP contribution in [0.25, 0.3) is 33.1 Å². The minimum absolute atomic E-state index is 0.669. The lowest BCUT2D eigenvalue weighted by Crippen LogP contribution is -2.13. The Morgan fingerprint density at radius 1 is 1.04 bits per heavy atom. The minimum atomic E-state index is 0.669. The average molecular weight is 362 g/mol. The van der Waals surface area contributed by atoms with E-state index in [2.05, 4.69) is 52.2 Å². The van der Waals surface area contributed by atoms with E-state index in [9.17, 15) is 0 Å². The summed E-state index contributed by atoms with van der Waals surface area (Å²) >= 11 is 6.59. The number of aromatic amines is 2. The van der Waals surface area contributed by atoms with Crippen LogP contribution in [0.5, 0.6) is 0 Å². The van der Waals surface area contributed by atoms with Crippen LogP contribution in [0.1, 0.15) is 18.5 Å². The van der Waals surface area contributed by atoms with E-state index in [4.69, 9.17) is 11.6 Å². The Bertz CT molecular complexity index is 1100. The van der Waals surface area contributed by atoms with Crippen LogP contribution in [0.4, 0.5) is 0 Å². The molecule has 0 amide bonds. The van der Waals surface area contributed by atoms with Gasteiger partial charge < -0.3 is 15.3 Å². The van der Waals surface area contributed by atoms with Gasteiger partial charge in [0.1, 0.15) is 0 Å². The summed E-state index contributed by atoms with van der Waals surface area (Å²) in [6.07, 6.45) is 2.53. The minimum Gasteiger partial charge on any atom is -0.383 e. The van der Waals surface area contributed by atoms with Gasteiger partial charge in [0.2, 0.25) is 0 Å². The zero-order valence-electron chi connectivity index (χ0n) is 14.4. The monoisotopic (exact) mass is 361 g/mol. The predicted octanol–water partition coefficient (Wildman–Crippen LogP) is 5.98. The van der Waals surface area contributed by atoms with Crippen molar-refractivity contribution in [2.24, 2.45) is 5.92 Å². The molecule has 0 bridgehead atoms. The topological polar surface area (TPSA) is 43.6 Å². The first-order valence-electron chi connectivity index (χ1n) is 8.99. The summed E-state index contributed by atoms with van der Waals surface area (Å²) in [6, 6.07) is 16.7. The first kappa shape index (κ1) is 15.6. The van der Waals surface area contributed by atoms with Crippen LogP contribution in [-0.4, -0.2) is 9.97 Å². The largest absolute Gasteiger partial charge is 0.383 e. The standard InChI is InChI=1S/C22H20ClN3/c1-13(14-6-7-14)24-12-17-8-16-9-19(23)18(11-21(16)25-17)22-10-15-4-2-3-5-20(15)26-22/h2-5,8-11,14,24-26H,1,6-7,12H2. The summed E-state index contributed by atoms with van der Waals surface area (Å²) in [5.41, 5.74) is 6.56. The van der Waals surface area contributed by atoms with Gasteiger partial charge in [0.25, 0.3) is 0 Å². The normalized spacial score (nSPS) is 14.2. The molecule has 0 spiro atoms. The Kier molecular flexibility index (Phi) is 3.57. The van der Waals surface area contributed by atoms with Gasteiger partial charge in [-0.25, -0.2) is 0 Å². The number of hydrogen-bond donors (Lipinski definition) is 3. The second-order valence-electron chi connectivity index (χ2n) is 7.14. The Labute approximate surface area is 157 Å². The zero-order chi connectivity index (χ0) is 17.7. The third-order valence-electron chi connectivity index (χ3n) is 5.16. The fraction of sp³-hybridized carbons (Fsp3) is 0.182. The van der Waals surface area contributed by atoms with Crippen LogP contribution >= 0.6 is 11.6 Å². The number of halogens is 1. The summed E-state index contributed by atoms with van der Waals surface area (Å²) in [7, 11) is 0. The molecule has 1 saturated carbocycles.